The molecule has 124 valence electrons. The van der Waals surface area contributed by atoms with Gasteiger partial charge in [0.1, 0.15) is 23.6 Å². The van der Waals surface area contributed by atoms with E-state index >= 15 is 0 Å². The fourth-order valence-electron chi connectivity index (χ4n) is 5.20. The lowest BCUT2D eigenvalue weighted by Gasteiger charge is -2.55. The highest BCUT2D eigenvalue weighted by molar-refractivity contribution is 5.81. The standard InChI is InChI=1S/C16H24O6/c1-7-5-10(19)14-16(22-14)12(20)6-11(21-9(3)18)13(8(2)17)15(7,16)4/h7,10-14,19-20H,5-6H2,1-4H3/t7-,10-,11-,12-,13-,14-,15-,16-/m0/s1. The van der Waals surface area contributed by atoms with Crippen LogP contribution in [0.3, 0.4) is 0 Å². The van der Waals surface area contributed by atoms with Gasteiger partial charge in [0.15, 0.2) is 0 Å². The van der Waals surface area contributed by atoms with Crippen LogP contribution in [-0.2, 0) is 19.1 Å². The maximum absolute atomic E-state index is 12.4. The molecule has 2 saturated carbocycles. The summed E-state index contributed by atoms with van der Waals surface area (Å²) in [5, 5.41) is 20.8. The van der Waals surface area contributed by atoms with Gasteiger partial charge >= 0.3 is 5.97 Å². The number of aliphatic hydroxyl groups excluding tert-OH is 2. The minimum absolute atomic E-state index is 0.0387. The summed E-state index contributed by atoms with van der Waals surface area (Å²) in [5.41, 5.74) is -1.57. The Balaban J connectivity index is 2.06. The third-order valence-electron chi connectivity index (χ3n) is 6.22. The number of carbonyl (C=O) groups is 2. The van der Waals surface area contributed by atoms with Crippen LogP contribution < -0.4 is 0 Å². The van der Waals surface area contributed by atoms with Gasteiger partial charge in [-0.05, 0) is 19.3 Å². The maximum atomic E-state index is 12.4. The van der Waals surface area contributed by atoms with E-state index in [9.17, 15) is 19.8 Å². The molecule has 2 aliphatic carbocycles. The lowest BCUT2D eigenvalue weighted by molar-refractivity contribution is -0.190. The first kappa shape index (κ1) is 15.9. The molecule has 0 unspecified atom stereocenters. The Morgan fingerprint density at radius 1 is 1.23 bits per heavy atom. The zero-order valence-corrected chi connectivity index (χ0v) is 13.4. The van der Waals surface area contributed by atoms with Crippen molar-refractivity contribution in [3.63, 3.8) is 0 Å². The predicted octanol–water partition coefficient (Wildman–Crippen LogP) is 0.432. The highest BCUT2D eigenvalue weighted by Crippen LogP contribution is 2.68. The van der Waals surface area contributed by atoms with Crippen molar-refractivity contribution in [2.75, 3.05) is 0 Å². The van der Waals surface area contributed by atoms with E-state index in [-0.39, 0.29) is 18.1 Å². The molecule has 1 aliphatic heterocycles. The minimum atomic E-state index is -0.906. The van der Waals surface area contributed by atoms with Crippen LogP contribution in [0.4, 0.5) is 0 Å². The molecule has 6 nitrogen and oxygen atoms in total. The van der Waals surface area contributed by atoms with E-state index in [1.165, 1.54) is 13.8 Å². The number of esters is 1. The topological polar surface area (TPSA) is 96.4 Å². The number of aliphatic hydroxyl groups is 2. The lowest BCUT2D eigenvalue weighted by atomic mass is 9.48. The summed E-state index contributed by atoms with van der Waals surface area (Å²) in [4.78, 5) is 23.7. The fourth-order valence-corrected chi connectivity index (χ4v) is 5.20. The summed E-state index contributed by atoms with van der Waals surface area (Å²) in [6.07, 6.45) is -1.91. The molecule has 0 bridgehead atoms. The van der Waals surface area contributed by atoms with Crippen LogP contribution in [0.5, 0.6) is 0 Å². The minimum Gasteiger partial charge on any atom is -0.462 e. The Kier molecular flexibility index (Phi) is 3.44. The van der Waals surface area contributed by atoms with Gasteiger partial charge in [-0.15, -0.1) is 0 Å². The summed E-state index contributed by atoms with van der Waals surface area (Å²) in [5.74, 6) is -1.10. The van der Waals surface area contributed by atoms with Crippen LogP contribution in [0.15, 0.2) is 0 Å². The molecular formula is C16H24O6. The molecule has 3 aliphatic rings. The van der Waals surface area contributed by atoms with E-state index in [0.717, 1.165) is 0 Å². The molecule has 2 N–H and O–H groups in total. The van der Waals surface area contributed by atoms with Crippen LogP contribution >= 0.6 is 0 Å². The molecule has 0 aromatic rings. The first-order valence-corrected chi connectivity index (χ1v) is 7.87. The Hall–Kier alpha value is -0.980. The molecule has 0 aromatic carbocycles. The van der Waals surface area contributed by atoms with Gasteiger partial charge in [0, 0.05) is 18.8 Å². The molecule has 6 heteroatoms. The zero-order chi connectivity index (χ0) is 16.4. The van der Waals surface area contributed by atoms with Gasteiger partial charge in [0.2, 0.25) is 0 Å². The largest absolute Gasteiger partial charge is 0.462 e. The zero-order valence-electron chi connectivity index (χ0n) is 13.4. The van der Waals surface area contributed by atoms with Crippen LogP contribution in [-0.4, -0.2) is 52.0 Å². The Bertz CT molecular complexity index is 519. The number of carbonyl (C=O) groups excluding carboxylic acids is 2. The predicted molar refractivity (Wildman–Crippen MR) is 75.8 cm³/mol. The Morgan fingerprint density at radius 2 is 1.86 bits per heavy atom. The van der Waals surface area contributed by atoms with Gasteiger partial charge in [-0.1, -0.05) is 13.8 Å². The SMILES string of the molecule is CC(=O)O[C@H]1C[C@H](O)[C@]23O[C@H]2[C@@H](O)C[C@H](C)[C@@]3(C)[C@H]1C(C)=O. The van der Waals surface area contributed by atoms with E-state index in [1.807, 2.05) is 13.8 Å². The number of hydrogen-bond donors (Lipinski definition) is 2. The van der Waals surface area contributed by atoms with Crippen molar-refractivity contribution in [3.8, 4) is 0 Å². The molecule has 1 saturated heterocycles. The maximum Gasteiger partial charge on any atom is 0.302 e. The van der Waals surface area contributed by atoms with Crippen molar-refractivity contribution in [3.05, 3.63) is 0 Å². The smallest absolute Gasteiger partial charge is 0.302 e. The van der Waals surface area contributed by atoms with E-state index in [2.05, 4.69) is 0 Å². The molecule has 0 radical (unpaired) electrons. The summed E-state index contributed by atoms with van der Waals surface area (Å²) in [7, 11) is 0. The van der Waals surface area contributed by atoms with E-state index < -0.39 is 47.3 Å². The van der Waals surface area contributed by atoms with Crippen LogP contribution in [0.2, 0.25) is 0 Å². The molecular weight excluding hydrogens is 288 g/mol. The number of ether oxygens (including phenoxy) is 2. The molecule has 0 amide bonds. The molecule has 1 spiro atoms. The first-order chi connectivity index (χ1) is 10.2. The van der Waals surface area contributed by atoms with Crippen molar-refractivity contribution >= 4 is 11.8 Å². The second-order valence-corrected chi connectivity index (χ2v) is 7.31. The second kappa shape index (κ2) is 4.76. The van der Waals surface area contributed by atoms with Crippen LogP contribution in [0, 0.1) is 17.3 Å². The number of hydrogen-bond acceptors (Lipinski definition) is 6. The molecule has 0 aromatic heterocycles. The van der Waals surface area contributed by atoms with Gasteiger partial charge in [0.05, 0.1) is 18.1 Å². The summed E-state index contributed by atoms with van der Waals surface area (Å²) < 4.78 is 11.2. The molecule has 3 rings (SSSR count). The highest BCUT2D eigenvalue weighted by Gasteiger charge is 2.81. The van der Waals surface area contributed by atoms with Gasteiger partial charge < -0.3 is 19.7 Å². The van der Waals surface area contributed by atoms with Gasteiger partial charge in [-0.2, -0.15) is 0 Å². The van der Waals surface area contributed by atoms with Crippen molar-refractivity contribution in [1.82, 2.24) is 0 Å². The molecule has 22 heavy (non-hydrogen) atoms. The third kappa shape index (κ3) is 1.77. The monoisotopic (exact) mass is 312 g/mol. The van der Waals surface area contributed by atoms with Crippen LogP contribution in [0.1, 0.15) is 40.5 Å². The fraction of sp³-hybridized carbons (Fsp3) is 0.875. The second-order valence-electron chi connectivity index (χ2n) is 7.31. The van der Waals surface area contributed by atoms with Crippen molar-refractivity contribution in [1.29, 1.82) is 0 Å². The van der Waals surface area contributed by atoms with E-state index in [0.29, 0.717) is 6.42 Å². The Labute approximate surface area is 129 Å². The summed E-state index contributed by atoms with van der Waals surface area (Å²) in [6.45, 7) is 6.68. The molecule has 3 fully saturated rings. The average molecular weight is 312 g/mol. The van der Waals surface area contributed by atoms with E-state index in [4.69, 9.17) is 9.47 Å². The lowest BCUT2D eigenvalue weighted by Crippen LogP contribution is -2.67. The number of epoxide rings is 1. The summed E-state index contributed by atoms with van der Waals surface area (Å²) >= 11 is 0. The van der Waals surface area contributed by atoms with Crippen LogP contribution in [0.25, 0.3) is 0 Å². The third-order valence-corrected chi connectivity index (χ3v) is 6.22. The molecule has 8 atom stereocenters. The highest BCUT2D eigenvalue weighted by atomic mass is 16.6. The normalized spacial score (nSPS) is 53.2. The van der Waals surface area contributed by atoms with Crippen molar-refractivity contribution in [2.45, 2.75) is 70.6 Å². The van der Waals surface area contributed by atoms with Crippen molar-refractivity contribution in [2.24, 2.45) is 17.3 Å². The van der Waals surface area contributed by atoms with Gasteiger partial charge in [-0.25, -0.2) is 0 Å². The average Bonchev–Trinajstić information content (AvgIpc) is 3.11. The van der Waals surface area contributed by atoms with Gasteiger partial charge in [-0.3, -0.25) is 9.59 Å². The first-order valence-electron chi connectivity index (χ1n) is 7.87. The number of ketones is 1. The number of rotatable bonds is 2. The quantitative estimate of drug-likeness (QED) is 0.567. The number of Topliss-reactive ketones (excluding diaryl/α,β-unsaturated/α-hetero) is 1. The van der Waals surface area contributed by atoms with E-state index in [1.54, 1.807) is 0 Å². The Morgan fingerprint density at radius 3 is 2.41 bits per heavy atom. The summed E-state index contributed by atoms with van der Waals surface area (Å²) in [6, 6.07) is 0. The molecule has 1 heterocycles. The van der Waals surface area contributed by atoms with Crippen molar-refractivity contribution < 1.29 is 29.3 Å². The van der Waals surface area contributed by atoms with Gasteiger partial charge in [0.25, 0.3) is 0 Å².